The minimum Gasteiger partial charge on any atom is -0.341 e. The standard InChI is InChI=1S/C21H21N8O7P/c1-20(2)34-14-15(35-20)21(27-28-22,8-9-37(31,32)33)36-19(14)29-11-25-13-16(23-10-24-17(13)29)26-18(30)12-6-4-3-5-7-12/h3-11,14-15,19H,1-2H3,(H2,31,32,33)(H,23,24,26,30)/t14-,15+,19-,21-/m1/s1. The average Bonchev–Trinajstić information content (AvgIpc) is 3.49. The first-order chi connectivity index (χ1) is 17.5. The molecule has 0 radical (unpaired) electrons. The molecule has 2 aromatic heterocycles. The van der Waals surface area contributed by atoms with Crippen molar-refractivity contribution in [3.8, 4) is 0 Å². The van der Waals surface area contributed by atoms with E-state index in [0.29, 0.717) is 11.4 Å². The lowest BCUT2D eigenvalue weighted by Gasteiger charge is -2.28. The summed E-state index contributed by atoms with van der Waals surface area (Å²) in [7, 11) is -4.64. The summed E-state index contributed by atoms with van der Waals surface area (Å²) in [6.45, 7) is 3.28. The van der Waals surface area contributed by atoms with Crippen LogP contribution >= 0.6 is 7.60 Å². The minimum atomic E-state index is -4.64. The molecular weight excluding hydrogens is 507 g/mol. The number of anilines is 1. The van der Waals surface area contributed by atoms with E-state index in [-0.39, 0.29) is 17.0 Å². The fraction of sp³-hybridized carbons (Fsp3) is 0.333. The Kier molecular flexibility index (Phi) is 6.09. The lowest BCUT2D eigenvalue weighted by atomic mass is 10.1. The Labute approximate surface area is 208 Å². The molecular formula is C21H21N8O7P. The van der Waals surface area contributed by atoms with Gasteiger partial charge in [-0.1, -0.05) is 23.3 Å². The highest BCUT2D eigenvalue weighted by atomic mass is 31.2. The van der Waals surface area contributed by atoms with E-state index in [1.54, 1.807) is 44.2 Å². The fourth-order valence-corrected chi connectivity index (χ4v) is 4.69. The number of azide groups is 1. The number of hydrogen-bond acceptors (Lipinski definition) is 9. The van der Waals surface area contributed by atoms with Gasteiger partial charge in [0.05, 0.1) is 6.33 Å². The number of aromatic nitrogens is 4. The molecule has 0 aliphatic carbocycles. The molecule has 4 heterocycles. The van der Waals surface area contributed by atoms with Crippen LogP contribution in [0.15, 0.2) is 60.0 Å². The molecule has 0 saturated carbocycles. The third-order valence-corrected chi connectivity index (χ3v) is 6.27. The van der Waals surface area contributed by atoms with Gasteiger partial charge in [-0.15, -0.1) is 0 Å². The molecule has 3 N–H and O–H groups in total. The van der Waals surface area contributed by atoms with Gasteiger partial charge in [0.25, 0.3) is 5.91 Å². The number of hydrogen-bond donors (Lipinski definition) is 3. The van der Waals surface area contributed by atoms with Crippen molar-refractivity contribution in [1.29, 1.82) is 0 Å². The van der Waals surface area contributed by atoms with Crippen LogP contribution in [-0.4, -0.2) is 58.9 Å². The first-order valence-electron chi connectivity index (χ1n) is 10.9. The van der Waals surface area contributed by atoms with Gasteiger partial charge >= 0.3 is 7.60 Å². The first kappa shape index (κ1) is 25.0. The van der Waals surface area contributed by atoms with Gasteiger partial charge in [0.2, 0.25) is 0 Å². The van der Waals surface area contributed by atoms with Crippen LogP contribution in [0, 0.1) is 0 Å². The van der Waals surface area contributed by atoms with Gasteiger partial charge in [-0.2, -0.15) is 0 Å². The highest BCUT2D eigenvalue weighted by molar-refractivity contribution is 7.55. The van der Waals surface area contributed by atoms with E-state index < -0.39 is 43.5 Å². The van der Waals surface area contributed by atoms with Crippen LogP contribution in [0.5, 0.6) is 0 Å². The summed E-state index contributed by atoms with van der Waals surface area (Å²) in [5, 5.41) is 6.41. The molecule has 0 unspecified atom stereocenters. The van der Waals surface area contributed by atoms with Gasteiger partial charge in [0.15, 0.2) is 34.7 Å². The maximum Gasteiger partial charge on any atom is 0.348 e. The zero-order valence-electron chi connectivity index (χ0n) is 19.4. The van der Waals surface area contributed by atoms with Crippen molar-refractivity contribution in [3.05, 3.63) is 70.9 Å². The number of fused-ring (bicyclic) bond motifs is 2. The zero-order chi connectivity index (χ0) is 26.4. The lowest BCUT2D eigenvalue weighted by molar-refractivity contribution is -0.209. The average molecular weight is 528 g/mol. The van der Waals surface area contributed by atoms with Gasteiger partial charge in [-0.3, -0.25) is 13.9 Å². The molecule has 0 spiro atoms. The first-order valence-corrected chi connectivity index (χ1v) is 12.6. The smallest absolute Gasteiger partial charge is 0.341 e. The van der Waals surface area contributed by atoms with Gasteiger partial charge in [-0.25, -0.2) is 15.0 Å². The summed E-state index contributed by atoms with van der Waals surface area (Å²) < 4.78 is 31.0. The van der Waals surface area contributed by atoms with Gasteiger partial charge in [0.1, 0.15) is 18.5 Å². The Morgan fingerprint density at radius 1 is 1.22 bits per heavy atom. The maximum absolute atomic E-state index is 12.7. The summed E-state index contributed by atoms with van der Waals surface area (Å²) >= 11 is 0. The summed E-state index contributed by atoms with van der Waals surface area (Å²) in [6.07, 6.45) is 0.580. The number of nitrogens with zero attached hydrogens (tertiary/aromatic N) is 7. The molecule has 4 atom stereocenters. The predicted molar refractivity (Wildman–Crippen MR) is 127 cm³/mol. The summed E-state index contributed by atoms with van der Waals surface area (Å²) in [5.41, 5.74) is 8.22. The molecule has 37 heavy (non-hydrogen) atoms. The van der Waals surface area contributed by atoms with Crippen molar-refractivity contribution in [2.45, 2.75) is 43.8 Å². The maximum atomic E-state index is 12.7. The van der Waals surface area contributed by atoms with Gasteiger partial charge in [0, 0.05) is 16.3 Å². The number of benzene rings is 1. The van der Waals surface area contributed by atoms with E-state index in [9.17, 15) is 24.7 Å². The van der Waals surface area contributed by atoms with Crippen molar-refractivity contribution in [2.75, 3.05) is 5.32 Å². The summed E-state index contributed by atoms with van der Waals surface area (Å²) in [6, 6.07) is 8.55. The van der Waals surface area contributed by atoms with Crippen LogP contribution in [0.25, 0.3) is 21.6 Å². The molecule has 0 bridgehead atoms. The van der Waals surface area contributed by atoms with Crippen molar-refractivity contribution < 1.29 is 33.4 Å². The molecule has 2 fully saturated rings. The molecule has 2 saturated heterocycles. The molecule has 192 valence electrons. The summed E-state index contributed by atoms with van der Waals surface area (Å²) in [4.78, 5) is 47.0. The summed E-state index contributed by atoms with van der Waals surface area (Å²) in [5.74, 6) is -0.796. The molecule has 15 nitrogen and oxygen atoms in total. The second-order valence-corrected chi connectivity index (χ2v) is 10.2. The number of rotatable bonds is 6. The van der Waals surface area contributed by atoms with Crippen molar-refractivity contribution in [3.63, 3.8) is 0 Å². The van der Waals surface area contributed by atoms with Crippen molar-refractivity contribution in [1.82, 2.24) is 19.5 Å². The van der Waals surface area contributed by atoms with E-state index in [1.807, 2.05) is 0 Å². The lowest BCUT2D eigenvalue weighted by Crippen LogP contribution is -2.39. The van der Waals surface area contributed by atoms with Crippen LogP contribution in [0.3, 0.4) is 0 Å². The van der Waals surface area contributed by atoms with Crippen LogP contribution in [-0.2, 0) is 18.8 Å². The number of carbonyl (C=O) groups excluding carboxylic acids is 1. The predicted octanol–water partition coefficient (Wildman–Crippen LogP) is 2.83. The SMILES string of the molecule is CC1(C)O[C@H]2[C@H](n3cnc4c(NC(=O)c5ccccc5)ncnc43)O[C@@](C=CP(=O)(O)O)(N=[N+]=[N-])[C@H]2O1. The molecule has 2 aliphatic heterocycles. The molecule has 1 aromatic carbocycles. The van der Waals surface area contributed by atoms with Crippen molar-refractivity contribution >= 4 is 30.5 Å². The second-order valence-electron chi connectivity index (χ2n) is 8.74. The van der Waals surface area contributed by atoms with Gasteiger partial charge < -0.3 is 29.3 Å². The third kappa shape index (κ3) is 4.72. The number of amides is 1. The van der Waals surface area contributed by atoms with E-state index in [1.165, 1.54) is 17.2 Å². The largest absolute Gasteiger partial charge is 0.348 e. The van der Waals surface area contributed by atoms with E-state index >= 15 is 0 Å². The van der Waals surface area contributed by atoms with E-state index in [2.05, 4.69) is 30.3 Å². The quantitative estimate of drug-likeness (QED) is 0.184. The number of ether oxygens (including phenoxy) is 3. The molecule has 16 heteroatoms. The topological polar surface area (TPSA) is 207 Å². The highest BCUT2D eigenvalue weighted by Crippen LogP contribution is 2.51. The third-order valence-electron chi connectivity index (χ3n) is 5.74. The highest BCUT2D eigenvalue weighted by Gasteiger charge is 2.63. The Morgan fingerprint density at radius 2 is 1.97 bits per heavy atom. The number of nitrogens with one attached hydrogen (secondary N) is 1. The molecule has 1 amide bonds. The monoisotopic (exact) mass is 528 g/mol. The Morgan fingerprint density at radius 3 is 2.68 bits per heavy atom. The number of carbonyl (C=O) groups is 1. The van der Waals surface area contributed by atoms with E-state index in [4.69, 9.17) is 14.2 Å². The zero-order valence-corrected chi connectivity index (χ0v) is 20.3. The Bertz CT molecular complexity index is 1480. The fourth-order valence-electron chi connectivity index (χ4n) is 4.28. The van der Waals surface area contributed by atoms with Crippen LogP contribution in [0.1, 0.15) is 30.4 Å². The minimum absolute atomic E-state index is 0.152. The Balaban J connectivity index is 1.55. The van der Waals surface area contributed by atoms with Crippen LogP contribution in [0.2, 0.25) is 0 Å². The van der Waals surface area contributed by atoms with Crippen LogP contribution < -0.4 is 5.32 Å². The van der Waals surface area contributed by atoms with Crippen molar-refractivity contribution in [2.24, 2.45) is 5.11 Å². The molecule has 5 rings (SSSR count). The van der Waals surface area contributed by atoms with Gasteiger partial charge in [-0.05, 0) is 37.6 Å². The normalized spacial score (nSPS) is 26.8. The van der Waals surface area contributed by atoms with Crippen LogP contribution in [0.4, 0.5) is 5.82 Å². The van der Waals surface area contributed by atoms with E-state index in [0.717, 1.165) is 6.08 Å². The number of imidazole rings is 1. The molecule has 3 aromatic rings. The Hall–Kier alpha value is -3.68. The molecule has 2 aliphatic rings. The second kappa shape index (κ2) is 9.01.